The van der Waals surface area contributed by atoms with Crippen LogP contribution in [0.25, 0.3) is 5.69 Å². The van der Waals surface area contributed by atoms with Crippen LogP contribution in [0.4, 0.5) is 0 Å². The summed E-state index contributed by atoms with van der Waals surface area (Å²) in [4.78, 5) is 23.9. The highest BCUT2D eigenvalue weighted by molar-refractivity contribution is 6.09. The van der Waals surface area contributed by atoms with E-state index in [-0.39, 0.29) is 11.6 Å². The normalized spacial score (nSPS) is 10.8. The van der Waals surface area contributed by atoms with E-state index in [1.54, 1.807) is 0 Å². The molecule has 0 N–H and O–H groups in total. The van der Waals surface area contributed by atoms with Crippen LogP contribution in [0.2, 0.25) is 0 Å². The van der Waals surface area contributed by atoms with Crippen LogP contribution in [0, 0.1) is 27.7 Å². The van der Waals surface area contributed by atoms with Crippen molar-refractivity contribution in [3.63, 3.8) is 0 Å². The molecule has 0 saturated heterocycles. The minimum atomic E-state index is -0.0649. The number of rotatable bonds is 3. The Balaban J connectivity index is 2.88. The smallest absolute Gasteiger partial charge is 0.162 e. The van der Waals surface area contributed by atoms with Crippen LogP contribution >= 0.6 is 0 Å². The predicted molar refractivity (Wildman–Crippen MR) is 84.7 cm³/mol. The van der Waals surface area contributed by atoms with Crippen molar-refractivity contribution in [3.05, 3.63) is 51.8 Å². The molecular weight excluding hydrogens is 262 g/mol. The number of benzene rings is 1. The Morgan fingerprint density at radius 2 is 1.33 bits per heavy atom. The zero-order chi connectivity index (χ0) is 15.9. The van der Waals surface area contributed by atoms with Crippen LogP contribution in [0.15, 0.2) is 18.2 Å². The predicted octanol–water partition coefficient (Wildman–Crippen LogP) is 4.12. The van der Waals surface area contributed by atoms with Crippen molar-refractivity contribution in [2.24, 2.45) is 0 Å². The van der Waals surface area contributed by atoms with Crippen LogP contribution in [-0.2, 0) is 0 Å². The minimum Gasteiger partial charge on any atom is -0.317 e. The molecule has 2 aromatic rings. The number of hydrogen-bond donors (Lipinski definition) is 0. The summed E-state index contributed by atoms with van der Waals surface area (Å²) >= 11 is 0. The average Bonchev–Trinajstić information content (AvgIpc) is 2.64. The third-order valence-corrected chi connectivity index (χ3v) is 3.95. The number of carbonyl (C=O) groups excluding carboxylic acids is 2. The highest BCUT2D eigenvalue weighted by Gasteiger charge is 2.24. The van der Waals surface area contributed by atoms with Crippen LogP contribution < -0.4 is 0 Å². The van der Waals surface area contributed by atoms with Gasteiger partial charge in [0.2, 0.25) is 0 Å². The number of aromatic nitrogens is 1. The van der Waals surface area contributed by atoms with Gasteiger partial charge < -0.3 is 4.57 Å². The van der Waals surface area contributed by atoms with E-state index in [1.165, 1.54) is 13.8 Å². The first kappa shape index (κ1) is 15.2. The van der Waals surface area contributed by atoms with Gasteiger partial charge in [-0.15, -0.1) is 0 Å². The first-order valence-electron chi connectivity index (χ1n) is 7.07. The van der Waals surface area contributed by atoms with E-state index in [1.807, 2.05) is 32.3 Å². The second-order valence-electron chi connectivity index (χ2n) is 5.66. The quantitative estimate of drug-likeness (QED) is 0.795. The summed E-state index contributed by atoms with van der Waals surface area (Å²) in [5.41, 5.74) is 6.04. The molecule has 0 spiro atoms. The standard InChI is InChI=1S/C18H21NO2/c1-10-7-8-11(2)16(9-10)19-12(3)17(14(5)20)18(13(19)4)15(6)21/h7-9H,1-6H3. The molecule has 0 aliphatic heterocycles. The van der Waals surface area contributed by atoms with Gasteiger partial charge in [0.15, 0.2) is 11.6 Å². The van der Waals surface area contributed by atoms with E-state index in [9.17, 15) is 9.59 Å². The van der Waals surface area contributed by atoms with E-state index in [2.05, 4.69) is 18.2 Å². The number of ketones is 2. The highest BCUT2D eigenvalue weighted by Crippen LogP contribution is 2.29. The Bertz CT molecular complexity index is 714. The molecule has 0 fully saturated rings. The molecule has 1 aromatic heterocycles. The van der Waals surface area contributed by atoms with Gasteiger partial charge in [-0.05, 0) is 58.7 Å². The maximum absolute atomic E-state index is 12.0. The van der Waals surface area contributed by atoms with E-state index in [4.69, 9.17) is 0 Å². The monoisotopic (exact) mass is 283 g/mol. The Morgan fingerprint density at radius 3 is 1.76 bits per heavy atom. The molecule has 21 heavy (non-hydrogen) atoms. The van der Waals surface area contributed by atoms with Gasteiger partial charge in [-0.1, -0.05) is 12.1 Å². The molecule has 0 bridgehead atoms. The topological polar surface area (TPSA) is 39.1 Å². The molecular formula is C18H21NO2. The number of nitrogens with zero attached hydrogens (tertiary/aromatic N) is 1. The lowest BCUT2D eigenvalue weighted by Crippen LogP contribution is -2.03. The zero-order valence-corrected chi connectivity index (χ0v) is 13.5. The van der Waals surface area contributed by atoms with Crippen LogP contribution in [0.5, 0.6) is 0 Å². The van der Waals surface area contributed by atoms with E-state index in [0.29, 0.717) is 11.1 Å². The van der Waals surface area contributed by atoms with Crippen molar-refractivity contribution >= 4 is 11.6 Å². The van der Waals surface area contributed by atoms with Gasteiger partial charge >= 0.3 is 0 Å². The molecule has 1 heterocycles. The maximum atomic E-state index is 12.0. The van der Waals surface area contributed by atoms with Gasteiger partial charge in [0.25, 0.3) is 0 Å². The summed E-state index contributed by atoms with van der Waals surface area (Å²) in [7, 11) is 0. The zero-order valence-electron chi connectivity index (χ0n) is 13.5. The molecule has 0 atom stereocenters. The van der Waals surface area contributed by atoms with Gasteiger partial charge in [0, 0.05) is 28.2 Å². The summed E-state index contributed by atoms with van der Waals surface area (Å²) in [6, 6.07) is 6.21. The molecule has 0 amide bonds. The number of hydrogen-bond acceptors (Lipinski definition) is 2. The molecule has 0 unspecified atom stereocenters. The first-order valence-corrected chi connectivity index (χ1v) is 7.07. The molecule has 0 saturated carbocycles. The second kappa shape index (κ2) is 5.32. The van der Waals surface area contributed by atoms with Crippen molar-refractivity contribution < 1.29 is 9.59 Å². The van der Waals surface area contributed by atoms with Crippen LogP contribution in [-0.4, -0.2) is 16.1 Å². The van der Waals surface area contributed by atoms with Gasteiger partial charge in [-0.25, -0.2) is 0 Å². The first-order chi connectivity index (χ1) is 9.75. The van der Waals surface area contributed by atoms with E-state index in [0.717, 1.165) is 28.2 Å². The fourth-order valence-electron chi connectivity index (χ4n) is 3.02. The van der Waals surface area contributed by atoms with Crippen molar-refractivity contribution in [1.82, 2.24) is 4.57 Å². The molecule has 0 aliphatic rings. The second-order valence-corrected chi connectivity index (χ2v) is 5.66. The van der Waals surface area contributed by atoms with Crippen molar-refractivity contribution in [1.29, 1.82) is 0 Å². The van der Waals surface area contributed by atoms with Crippen molar-refractivity contribution in [2.75, 3.05) is 0 Å². The molecule has 3 heteroatoms. The molecule has 0 radical (unpaired) electrons. The lowest BCUT2D eigenvalue weighted by molar-refractivity contribution is 0.0981. The molecule has 2 rings (SSSR count). The fraction of sp³-hybridized carbons (Fsp3) is 0.333. The fourth-order valence-corrected chi connectivity index (χ4v) is 3.02. The van der Waals surface area contributed by atoms with Gasteiger partial charge in [0.05, 0.1) is 0 Å². The van der Waals surface area contributed by atoms with Crippen LogP contribution in [0.3, 0.4) is 0 Å². The third-order valence-electron chi connectivity index (χ3n) is 3.95. The lowest BCUT2D eigenvalue weighted by Gasteiger charge is -2.13. The van der Waals surface area contributed by atoms with Gasteiger partial charge in [-0.3, -0.25) is 9.59 Å². The summed E-state index contributed by atoms with van der Waals surface area (Å²) in [6.07, 6.45) is 0. The minimum absolute atomic E-state index is 0.0649. The number of aryl methyl sites for hydroxylation is 2. The Kier molecular flexibility index (Phi) is 3.86. The van der Waals surface area contributed by atoms with Gasteiger partial charge in [-0.2, -0.15) is 0 Å². The summed E-state index contributed by atoms with van der Waals surface area (Å²) in [6.45, 7) is 10.9. The maximum Gasteiger partial charge on any atom is 0.162 e. The van der Waals surface area contributed by atoms with Crippen molar-refractivity contribution in [2.45, 2.75) is 41.5 Å². The van der Waals surface area contributed by atoms with E-state index >= 15 is 0 Å². The van der Waals surface area contributed by atoms with E-state index < -0.39 is 0 Å². The third kappa shape index (κ3) is 2.44. The van der Waals surface area contributed by atoms with Crippen LogP contribution in [0.1, 0.15) is 57.1 Å². The SMILES string of the molecule is CC(=O)c1c(C(C)=O)c(C)n(-c2cc(C)ccc2C)c1C. The largest absolute Gasteiger partial charge is 0.317 e. The number of carbonyl (C=O) groups is 2. The molecule has 0 aliphatic carbocycles. The summed E-state index contributed by atoms with van der Waals surface area (Å²) < 4.78 is 2.02. The highest BCUT2D eigenvalue weighted by atomic mass is 16.1. The lowest BCUT2D eigenvalue weighted by atomic mass is 10.0. The molecule has 110 valence electrons. The van der Waals surface area contributed by atoms with Gasteiger partial charge in [0.1, 0.15) is 0 Å². The summed E-state index contributed by atoms with van der Waals surface area (Å²) in [5, 5.41) is 0. The Morgan fingerprint density at radius 1 is 0.857 bits per heavy atom. The summed E-state index contributed by atoms with van der Waals surface area (Å²) in [5.74, 6) is -0.130. The molecule has 1 aromatic carbocycles. The molecule has 3 nitrogen and oxygen atoms in total. The Labute approximate surface area is 125 Å². The van der Waals surface area contributed by atoms with Crippen molar-refractivity contribution in [3.8, 4) is 5.69 Å². The Hall–Kier alpha value is -2.16. The number of Topliss-reactive ketones (excluding diaryl/α,β-unsaturated/α-hetero) is 2. The average molecular weight is 283 g/mol.